The second kappa shape index (κ2) is 10.3. The van der Waals surface area contributed by atoms with E-state index in [1.807, 2.05) is 0 Å². The molecule has 0 radical (unpaired) electrons. The van der Waals surface area contributed by atoms with E-state index in [4.69, 9.17) is 0 Å². The monoisotopic (exact) mass is 430 g/mol. The summed E-state index contributed by atoms with van der Waals surface area (Å²) in [5.41, 5.74) is 8.37. The van der Waals surface area contributed by atoms with Crippen LogP contribution in [0, 0.1) is 5.92 Å². The minimum absolute atomic E-state index is 0.456. The molecule has 1 N–H and O–H groups in total. The quantitative estimate of drug-likeness (QED) is 0.731. The number of likely N-dealkylation sites (N-methyl/N-ethyl adjacent to an activating group) is 1. The van der Waals surface area contributed by atoms with Gasteiger partial charge in [-0.1, -0.05) is 72.3 Å². The molecule has 5 rings (SSSR count). The van der Waals surface area contributed by atoms with E-state index >= 15 is 0 Å². The Balaban J connectivity index is 1.32. The Bertz CT molecular complexity index is 873. The van der Waals surface area contributed by atoms with Gasteiger partial charge in [0, 0.05) is 44.7 Å². The Kier molecular flexibility index (Phi) is 7.03. The predicted molar refractivity (Wildman–Crippen MR) is 133 cm³/mol. The molecule has 1 saturated carbocycles. The highest BCUT2D eigenvalue weighted by atomic mass is 15.6. The summed E-state index contributed by atoms with van der Waals surface area (Å²) in [5.74, 6) is 0.643. The van der Waals surface area contributed by atoms with Gasteiger partial charge in [-0.25, -0.2) is 10.4 Å². The average Bonchev–Trinajstić information content (AvgIpc) is 3.21. The highest BCUT2D eigenvalue weighted by Gasteiger charge is 2.44. The Morgan fingerprint density at radius 1 is 0.906 bits per heavy atom. The highest BCUT2D eigenvalue weighted by molar-refractivity contribution is 5.55. The van der Waals surface area contributed by atoms with Crippen LogP contribution < -0.4 is 5.43 Å². The highest BCUT2D eigenvalue weighted by Crippen LogP contribution is 2.45. The lowest BCUT2D eigenvalue weighted by atomic mass is 9.76. The number of fused-ring (bicyclic) bond motifs is 1. The van der Waals surface area contributed by atoms with Crippen molar-refractivity contribution >= 4 is 6.08 Å². The van der Waals surface area contributed by atoms with Crippen LogP contribution >= 0.6 is 0 Å². The van der Waals surface area contributed by atoms with Gasteiger partial charge < -0.3 is 9.80 Å². The molecule has 2 aliphatic heterocycles. The van der Waals surface area contributed by atoms with Gasteiger partial charge >= 0.3 is 0 Å². The van der Waals surface area contributed by atoms with Crippen molar-refractivity contribution in [1.29, 1.82) is 0 Å². The molecule has 4 nitrogen and oxygen atoms in total. The number of nitrogens with one attached hydrogen (secondary N) is 1. The van der Waals surface area contributed by atoms with Crippen LogP contribution in [0.2, 0.25) is 0 Å². The lowest BCUT2D eigenvalue weighted by Gasteiger charge is -2.33. The molecule has 3 unspecified atom stereocenters. The third kappa shape index (κ3) is 4.99. The number of hydrogen-bond acceptors (Lipinski definition) is 4. The van der Waals surface area contributed by atoms with E-state index in [0.717, 1.165) is 6.54 Å². The summed E-state index contributed by atoms with van der Waals surface area (Å²) in [7, 11) is 2.23. The zero-order chi connectivity index (χ0) is 21.8. The maximum atomic E-state index is 3.99. The molecule has 32 heavy (non-hydrogen) atoms. The second-order valence-electron chi connectivity index (χ2n) is 9.84. The van der Waals surface area contributed by atoms with E-state index in [2.05, 4.69) is 94.0 Å². The molecular weight excluding hydrogens is 392 g/mol. The van der Waals surface area contributed by atoms with Crippen molar-refractivity contribution in [2.75, 3.05) is 46.3 Å². The van der Waals surface area contributed by atoms with E-state index in [1.54, 1.807) is 5.57 Å². The molecule has 4 heteroatoms. The molecule has 2 aromatic rings. The molecule has 3 aliphatic rings. The second-order valence-corrected chi connectivity index (χ2v) is 9.84. The maximum Gasteiger partial charge on any atom is 0.0539 e. The third-order valence-corrected chi connectivity index (χ3v) is 7.64. The molecule has 2 aromatic carbocycles. The predicted octanol–water partition coefficient (Wildman–Crippen LogP) is 4.44. The topological polar surface area (TPSA) is 21.8 Å². The normalized spacial score (nSPS) is 28.8. The summed E-state index contributed by atoms with van der Waals surface area (Å²) >= 11 is 0. The van der Waals surface area contributed by atoms with E-state index in [1.165, 1.54) is 69.5 Å². The van der Waals surface area contributed by atoms with Crippen molar-refractivity contribution < 1.29 is 0 Å². The van der Waals surface area contributed by atoms with Crippen LogP contribution in [0.5, 0.6) is 0 Å². The molecule has 1 aliphatic carbocycles. The minimum atomic E-state index is 0.456. The van der Waals surface area contributed by atoms with Crippen LogP contribution in [0.4, 0.5) is 0 Å². The van der Waals surface area contributed by atoms with Gasteiger partial charge in [0.05, 0.1) is 6.04 Å². The summed E-state index contributed by atoms with van der Waals surface area (Å²) in [6.07, 6.45) is 7.47. The van der Waals surface area contributed by atoms with Crippen LogP contribution in [-0.4, -0.2) is 67.2 Å². The number of hydrazine groups is 1. The van der Waals surface area contributed by atoms with Crippen LogP contribution in [0.3, 0.4) is 0 Å². The zero-order valence-corrected chi connectivity index (χ0v) is 19.5. The maximum absolute atomic E-state index is 3.99. The van der Waals surface area contributed by atoms with Crippen molar-refractivity contribution in [2.24, 2.45) is 5.92 Å². The van der Waals surface area contributed by atoms with Gasteiger partial charge in [-0.15, -0.1) is 0 Å². The minimum Gasteiger partial charge on any atom is -0.304 e. The van der Waals surface area contributed by atoms with Crippen molar-refractivity contribution in [1.82, 2.24) is 20.2 Å². The first-order chi connectivity index (χ1) is 15.8. The Morgan fingerprint density at radius 3 is 2.38 bits per heavy atom. The lowest BCUT2D eigenvalue weighted by Crippen LogP contribution is -2.45. The van der Waals surface area contributed by atoms with Crippen LogP contribution in [0.25, 0.3) is 6.08 Å². The van der Waals surface area contributed by atoms with Crippen LogP contribution in [0.15, 0.2) is 66.2 Å². The molecule has 0 spiro atoms. The van der Waals surface area contributed by atoms with E-state index in [0.29, 0.717) is 18.0 Å². The Labute approximate surface area is 193 Å². The van der Waals surface area contributed by atoms with Crippen LogP contribution in [-0.2, 0) is 0 Å². The largest absolute Gasteiger partial charge is 0.304 e. The van der Waals surface area contributed by atoms with Gasteiger partial charge in [-0.05, 0) is 50.4 Å². The lowest BCUT2D eigenvalue weighted by molar-refractivity contribution is 0.129. The van der Waals surface area contributed by atoms with Gasteiger partial charge in [0.15, 0.2) is 0 Å². The van der Waals surface area contributed by atoms with E-state index in [9.17, 15) is 0 Å². The third-order valence-electron chi connectivity index (χ3n) is 7.64. The summed E-state index contributed by atoms with van der Waals surface area (Å²) in [4.78, 5) is 5.08. The fourth-order valence-electron chi connectivity index (χ4n) is 5.89. The first-order valence-corrected chi connectivity index (χ1v) is 12.5. The first-order valence-electron chi connectivity index (χ1n) is 12.5. The van der Waals surface area contributed by atoms with E-state index < -0.39 is 0 Å². The van der Waals surface area contributed by atoms with Crippen molar-refractivity contribution in [2.45, 2.75) is 37.8 Å². The van der Waals surface area contributed by atoms with E-state index in [-0.39, 0.29) is 0 Å². The summed E-state index contributed by atoms with van der Waals surface area (Å²) in [5, 5.41) is 2.59. The van der Waals surface area contributed by atoms with Crippen LogP contribution in [0.1, 0.15) is 42.9 Å². The first kappa shape index (κ1) is 21.8. The van der Waals surface area contributed by atoms with Crippen molar-refractivity contribution in [3.05, 3.63) is 77.4 Å². The summed E-state index contributed by atoms with van der Waals surface area (Å²) < 4.78 is 0. The molecule has 170 valence electrons. The Morgan fingerprint density at radius 2 is 1.62 bits per heavy atom. The van der Waals surface area contributed by atoms with Gasteiger partial charge in [0.2, 0.25) is 0 Å². The number of piperazine rings is 1. The molecular formula is C28H38N4. The molecule has 2 saturated heterocycles. The number of hydrogen-bond donors (Lipinski definition) is 1. The molecule has 3 fully saturated rings. The summed E-state index contributed by atoms with van der Waals surface area (Å²) in [6, 6.07) is 23.0. The number of rotatable bonds is 6. The fourth-order valence-corrected chi connectivity index (χ4v) is 5.89. The molecule has 0 aromatic heterocycles. The van der Waals surface area contributed by atoms with Crippen molar-refractivity contribution in [3.8, 4) is 0 Å². The average molecular weight is 431 g/mol. The van der Waals surface area contributed by atoms with Gasteiger partial charge in [-0.2, -0.15) is 0 Å². The molecule has 0 bridgehead atoms. The van der Waals surface area contributed by atoms with Gasteiger partial charge in [0.25, 0.3) is 0 Å². The van der Waals surface area contributed by atoms with Gasteiger partial charge in [0.1, 0.15) is 0 Å². The Hall–Kier alpha value is -1.98. The van der Waals surface area contributed by atoms with Crippen molar-refractivity contribution in [3.63, 3.8) is 0 Å². The number of nitrogens with zero attached hydrogens (tertiary/aromatic N) is 3. The van der Waals surface area contributed by atoms with Gasteiger partial charge in [-0.3, -0.25) is 0 Å². The SMILES string of the molecule is CN1CCN(CCCN2NC3C(=Cc4ccccc4)CCCC3C2c2ccccc2)CC1. The molecule has 0 amide bonds. The zero-order valence-electron chi connectivity index (χ0n) is 19.5. The standard InChI is InChI=1S/C28H38N4/c1-30-18-20-31(21-19-30)16-9-17-32-28(24-12-6-3-7-13-24)26-15-8-14-25(27(26)29-32)22-23-10-4-2-5-11-23/h2-7,10-13,22,26-29H,8-9,14-21H2,1H3. The number of benzene rings is 2. The molecule has 2 heterocycles. The fraction of sp³-hybridized carbons (Fsp3) is 0.500. The smallest absolute Gasteiger partial charge is 0.0539 e. The molecule has 3 atom stereocenters. The summed E-state index contributed by atoms with van der Waals surface area (Å²) in [6.45, 7) is 7.13.